The van der Waals surface area contributed by atoms with Crippen LogP contribution in [0.2, 0.25) is 0 Å². The van der Waals surface area contributed by atoms with Crippen molar-refractivity contribution in [1.29, 1.82) is 0 Å². The minimum atomic E-state index is -0.550. The van der Waals surface area contributed by atoms with E-state index in [1.54, 1.807) is 24.3 Å². The minimum Gasteiger partial charge on any atom is -0.497 e. The third kappa shape index (κ3) is 4.59. The van der Waals surface area contributed by atoms with Crippen LogP contribution in [-0.4, -0.2) is 26.7 Å². The number of halogens is 2. The fraction of sp³-hybridized carbons (Fsp3) is 0.188. The molecular formula is C16H15BrFNO4. The molecule has 0 saturated carbocycles. The summed E-state index contributed by atoms with van der Waals surface area (Å²) in [5, 5.41) is 2.64. The molecule has 0 heterocycles. The molecule has 7 heteroatoms. The summed E-state index contributed by atoms with van der Waals surface area (Å²) < 4.78 is 29.7. The molecule has 1 N–H and O–H groups in total. The lowest BCUT2D eigenvalue weighted by Gasteiger charge is -2.12. The zero-order valence-corrected chi connectivity index (χ0v) is 14.1. The summed E-state index contributed by atoms with van der Waals surface area (Å²) in [6.45, 7) is -0.334. The van der Waals surface area contributed by atoms with Crippen LogP contribution in [0.5, 0.6) is 17.2 Å². The second kappa shape index (κ2) is 7.82. The molecule has 0 aliphatic heterocycles. The molecule has 2 aromatic rings. The zero-order valence-electron chi connectivity index (χ0n) is 12.6. The topological polar surface area (TPSA) is 56.8 Å². The number of nitrogens with one attached hydrogen (secondary N) is 1. The Balaban J connectivity index is 2.02. The average molecular weight is 384 g/mol. The van der Waals surface area contributed by atoms with Crippen molar-refractivity contribution in [2.24, 2.45) is 0 Å². The van der Waals surface area contributed by atoms with E-state index in [1.807, 2.05) is 0 Å². The Morgan fingerprint density at radius 3 is 2.52 bits per heavy atom. The van der Waals surface area contributed by atoms with Crippen LogP contribution in [0, 0.1) is 5.82 Å². The summed E-state index contributed by atoms with van der Waals surface area (Å²) in [5.74, 6) is 0.0564. The molecule has 0 saturated heterocycles. The van der Waals surface area contributed by atoms with Crippen LogP contribution >= 0.6 is 15.9 Å². The zero-order chi connectivity index (χ0) is 16.8. The fourth-order valence-electron chi connectivity index (χ4n) is 1.83. The maximum Gasteiger partial charge on any atom is 0.262 e. The standard InChI is InChI=1S/C16H15BrFNO4/c1-21-11-4-6-15(22-2)13(8-11)19-16(20)9-23-14-5-3-10(17)7-12(14)18/h3-8H,9H2,1-2H3,(H,19,20). The van der Waals surface area contributed by atoms with E-state index in [1.165, 1.54) is 26.4 Å². The molecule has 122 valence electrons. The van der Waals surface area contributed by atoms with Gasteiger partial charge in [0.1, 0.15) is 11.5 Å². The Labute approximate surface area is 141 Å². The molecule has 0 bridgehead atoms. The van der Waals surface area contributed by atoms with Crippen molar-refractivity contribution >= 4 is 27.5 Å². The van der Waals surface area contributed by atoms with Gasteiger partial charge in [-0.1, -0.05) is 15.9 Å². The van der Waals surface area contributed by atoms with Crippen LogP contribution in [0.1, 0.15) is 0 Å². The number of carbonyl (C=O) groups excluding carboxylic acids is 1. The van der Waals surface area contributed by atoms with Gasteiger partial charge in [-0.2, -0.15) is 0 Å². The van der Waals surface area contributed by atoms with Crippen molar-refractivity contribution in [3.63, 3.8) is 0 Å². The van der Waals surface area contributed by atoms with Gasteiger partial charge in [-0.15, -0.1) is 0 Å². The van der Waals surface area contributed by atoms with Crippen molar-refractivity contribution in [1.82, 2.24) is 0 Å². The Bertz CT molecular complexity index is 708. The highest BCUT2D eigenvalue weighted by Crippen LogP contribution is 2.29. The molecule has 0 atom stereocenters. The first-order valence-electron chi connectivity index (χ1n) is 6.63. The van der Waals surface area contributed by atoms with Gasteiger partial charge < -0.3 is 19.5 Å². The fourth-order valence-corrected chi connectivity index (χ4v) is 2.17. The number of carbonyl (C=O) groups is 1. The molecule has 0 unspecified atom stereocenters. The maximum absolute atomic E-state index is 13.6. The largest absolute Gasteiger partial charge is 0.497 e. The maximum atomic E-state index is 13.6. The molecule has 5 nitrogen and oxygen atoms in total. The highest BCUT2D eigenvalue weighted by atomic mass is 79.9. The summed E-state index contributed by atoms with van der Waals surface area (Å²) in [4.78, 5) is 12.0. The van der Waals surface area contributed by atoms with Gasteiger partial charge in [0.25, 0.3) is 5.91 Å². The lowest BCUT2D eigenvalue weighted by atomic mass is 10.2. The van der Waals surface area contributed by atoms with E-state index in [2.05, 4.69) is 21.2 Å². The third-order valence-electron chi connectivity index (χ3n) is 2.93. The van der Waals surface area contributed by atoms with Crippen LogP contribution in [0.25, 0.3) is 0 Å². The van der Waals surface area contributed by atoms with Gasteiger partial charge in [0.15, 0.2) is 18.2 Å². The van der Waals surface area contributed by atoms with Gasteiger partial charge in [-0.25, -0.2) is 4.39 Å². The van der Waals surface area contributed by atoms with Crippen molar-refractivity contribution in [2.45, 2.75) is 0 Å². The smallest absolute Gasteiger partial charge is 0.262 e. The van der Waals surface area contributed by atoms with E-state index < -0.39 is 11.7 Å². The number of hydrogen-bond donors (Lipinski definition) is 1. The van der Waals surface area contributed by atoms with Crippen LogP contribution in [0.3, 0.4) is 0 Å². The number of hydrogen-bond acceptors (Lipinski definition) is 4. The second-order valence-corrected chi connectivity index (χ2v) is 5.39. The number of anilines is 1. The predicted molar refractivity (Wildman–Crippen MR) is 87.8 cm³/mol. The molecule has 0 radical (unpaired) electrons. The van der Waals surface area contributed by atoms with E-state index in [4.69, 9.17) is 14.2 Å². The van der Waals surface area contributed by atoms with Crippen molar-refractivity contribution < 1.29 is 23.4 Å². The number of benzene rings is 2. The molecule has 0 aliphatic rings. The highest BCUT2D eigenvalue weighted by molar-refractivity contribution is 9.10. The van der Waals surface area contributed by atoms with Gasteiger partial charge in [-0.3, -0.25) is 4.79 Å². The first kappa shape index (κ1) is 17.1. The number of amides is 1. The second-order valence-electron chi connectivity index (χ2n) is 4.48. The van der Waals surface area contributed by atoms with Crippen LogP contribution < -0.4 is 19.5 Å². The van der Waals surface area contributed by atoms with Gasteiger partial charge >= 0.3 is 0 Å². The third-order valence-corrected chi connectivity index (χ3v) is 3.43. The number of ether oxygens (including phenoxy) is 3. The Morgan fingerprint density at radius 1 is 1.13 bits per heavy atom. The molecule has 0 aliphatic carbocycles. The van der Waals surface area contributed by atoms with Crippen LogP contribution in [0.4, 0.5) is 10.1 Å². The summed E-state index contributed by atoms with van der Waals surface area (Å²) in [5.41, 5.74) is 0.441. The van der Waals surface area contributed by atoms with E-state index in [9.17, 15) is 9.18 Å². The lowest BCUT2D eigenvalue weighted by Crippen LogP contribution is -2.20. The van der Waals surface area contributed by atoms with Gasteiger partial charge in [0.05, 0.1) is 19.9 Å². The summed E-state index contributed by atoms with van der Waals surface area (Å²) in [6.07, 6.45) is 0. The first-order valence-corrected chi connectivity index (χ1v) is 7.42. The van der Waals surface area contributed by atoms with E-state index >= 15 is 0 Å². The van der Waals surface area contributed by atoms with E-state index in [-0.39, 0.29) is 12.4 Å². The molecule has 23 heavy (non-hydrogen) atoms. The normalized spacial score (nSPS) is 10.1. The van der Waals surface area contributed by atoms with E-state index in [0.717, 1.165) is 0 Å². The molecule has 0 aromatic heterocycles. The molecule has 0 fully saturated rings. The molecule has 0 spiro atoms. The van der Waals surface area contributed by atoms with Crippen LogP contribution in [0.15, 0.2) is 40.9 Å². The Hall–Kier alpha value is -2.28. The van der Waals surface area contributed by atoms with Crippen molar-refractivity contribution in [2.75, 3.05) is 26.1 Å². The Morgan fingerprint density at radius 2 is 1.87 bits per heavy atom. The SMILES string of the molecule is COc1ccc(OC)c(NC(=O)COc2ccc(Br)cc2F)c1. The molecular weight excluding hydrogens is 369 g/mol. The minimum absolute atomic E-state index is 0.000886. The quantitative estimate of drug-likeness (QED) is 0.827. The monoisotopic (exact) mass is 383 g/mol. The number of methoxy groups -OCH3 is 2. The van der Waals surface area contributed by atoms with Crippen molar-refractivity contribution in [3.8, 4) is 17.2 Å². The average Bonchev–Trinajstić information content (AvgIpc) is 2.54. The molecule has 2 aromatic carbocycles. The first-order chi connectivity index (χ1) is 11.0. The lowest BCUT2D eigenvalue weighted by molar-refractivity contribution is -0.118. The summed E-state index contributed by atoms with van der Waals surface area (Å²) in [7, 11) is 3.01. The Kier molecular flexibility index (Phi) is 5.81. The molecule has 2 rings (SSSR count). The van der Waals surface area contributed by atoms with Crippen LogP contribution in [-0.2, 0) is 4.79 Å². The summed E-state index contributed by atoms with van der Waals surface area (Å²) in [6, 6.07) is 9.33. The number of rotatable bonds is 6. The van der Waals surface area contributed by atoms with Crippen molar-refractivity contribution in [3.05, 3.63) is 46.7 Å². The molecule has 1 amide bonds. The van der Waals surface area contributed by atoms with E-state index in [0.29, 0.717) is 21.7 Å². The van der Waals surface area contributed by atoms with Gasteiger partial charge in [0.2, 0.25) is 0 Å². The van der Waals surface area contributed by atoms with Gasteiger partial charge in [0, 0.05) is 10.5 Å². The predicted octanol–water partition coefficient (Wildman–Crippen LogP) is 3.62. The van der Waals surface area contributed by atoms with Gasteiger partial charge in [-0.05, 0) is 30.3 Å². The highest BCUT2D eigenvalue weighted by Gasteiger charge is 2.11. The summed E-state index contributed by atoms with van der Waals surface area (Å²) >= 11 is 3.15.